The standard InChI is InChI=1S/C22H33N3O5S/c1-16(2)19(25-31(29,30)17-12-8-7-9-13-17)21(27)24-18-14-10-5-3-4-6-11-15-23-22(28)20(18)26/h7-9,12-13,16,18-19,25H,3-6,10-11,14-15H2,1-2H3,(H,23,28)(H,24,27). The van der Waals surface area contributed by atoms with Gasteiger partial charge in [0.25, 0.3) is 5.91 Å². The lowest BCUT2D eigenvalue weighted by Gasteiger charge is -2.25. The van der Waals surface area contributed by atoms with Crippen molar-refractivity contribution in [1.29, 1.82) is 0 Å². The second kappa shape index (κ2) is 12.0. The summed E-state index contributed by atoms with van der Waals surface area (Å²) >= 11 is 0. The molecule has 2 amide bonds. The number of Topliss-reactive ketones (excluding diaryl/α,β-unsaturated/α-hetero) is 1. The monoisotopic (exact) mass is 451 g/mol. The zero-order valence-corrected chi connectivity index (χ0v) is 19.0. The summed E-state index contributed by atoms with van der Waals surface area (Å²) in [5.41, 5.74) is 0. The fourth-order valence-corrected chi connectivity index (χ4v) is 4.85. The van der Waals surface area contributed by atoms with Crippen molar-refractivity contribution in [2.45, 2.75) is 75.8 Å². The highest BCUT2D eigenvalue weighted by Gasteiger charge is 2.33. The van der Waals surface area contributed by atoms with Crippen LogP contribution in [0.4, 0.5) is 0 Å². The molecule has 0 aromatic heterocycles. The molecule has 2 unspecified atom stereocenters. The predicted molar refractivity (Wildman–Crippen MR) is 118 cm³/mol. The van der Waals surface area contributed by atoms with E-state index in [0.29, 0.717) is 19.4 Å². The number of amides is 2. The maximum Gasteiger partial charge on any atom is 0.289 e. The third-order valence-electron chi connectivity index (χ3n) is 5.35. The minimum absolute atomic E-state index is 0.0508. The van der Waals surface area contributed by atoms with Crippen molar-refractivity contribution in [3.05, 3.63) is 30.3 Å². The molecular weight excluding hydrogens is 418 g/mol. The molecule has 31 heavy (non-hydrogen) atoms. The molecule has 9 heteroatoms. The Hall–Kier alpha value is -2.26. The summed E-state index contributed by atoms with van der Waals surface area (Å²) in [6.07, 6.45) is 5.88. The number of hydrogen-bond acceptors (Lipinski definition) is 5. The summed E-state index contributed by atoms with van der Waals surface area (Å²) in [5.74, 6) is -2.39. The van der Waals surface area contributed by atoms with Gasteiger partial charge in [0.05, 0.1) is 10.9 Å². The third kappa shape index (κ3) is 7.74. The fraction of sp³-hybridized carbons (Fsp3) is 0.591. The average molecular weight is 452 g/mol. The molecular formula is C22H33N3O5S. The van der Waals surface area contributed by atoms with Gasteiger partial charge >= 0.3 is 0 Å². The van der Waals surface area contributed by atoms with Crippen LogP contribution in [0.15, 0.2) is 35.2 Å². The second-order valence-corrected chi connectivity index (χ2v) is 9.96. The highest BCUT2D eigenvalue weighted by atomic mass is 32.2. The molecule has 172 valence electrons. The molecule has 2 rings (SSSR count). The van der Waals surface area contributed by atoms with Crippen LogP contribution < -0.4 is 15.4 Å². The van der Waals surface area contributed by atoms with E-state index in [4.69, 9.17) is 0 Å². The first-order valence-electron chi connectivity index (χ1n) is 10.9. The van der Waals surface area contributed by atoms with Gasteiger partial charge < -0.3 is 10.6 Å². The van der Waals surface area contributed by atoms with Crippen LogP contribution in [0, 0.1) is 5.92 Å². The largest absolute Gasteiger partial charge is 0.349 e. The van der Waals surface area contributed by atoms with Crippen molar-refractivity contribution >= 4 is 27.6 Å². The number of nitrogens with one attached hydrogen (secondary N) is 3. The number of sulfonamides is 1. The van der Waals surface area contributed by atoms with Crippen molar-refractivity contribution in [2.75, 3.05) is 6.54 Å². The Morgan fingerprint density at radius 2 is 1.61 bits per heavy atom. The first-order chi connectivity index (χ1) is 14.7. The summed E-state index contributed by atoms with van der Waals surface area (Å²) in [7, 11) is -3.92. The number of ketones is 1. The summed E-state index contributed by atoms with van der Waals surface area (Å²) in [4.78, 5) is 37.9. The van der Waals surface area contributed by atoms with E-state index in [2.05, 4.69) is 15.4 Å². The molecule has 1 aliphatic heterocycles. The average Bonchev–Trinajstić information content (AvgIpc) is 2.74. The molecule has 0 saturated carbocycles. The van der Waals surface area contributed by atoms with Gasteiger partial charge in [-0.3, -0.25) is 14.4 Å². The molecule has 1 heterocycles. The Morgan fingerprint density at radius 3 is 2.26 bits per heavy atom. The molecule has 2 atom stereocenters. The number of carbonyl (C=O) groups excluding carboxylic acids is 3. The van der Waals surface area contributed by atoms with E-state index in [1.807, 2.05) is 0 Å². The quantitative estimate of drug-likeness (QED) is 0.571. The minimum atomic E-state index is -3.92. The van der Waals surface area contributed by atoms with E-state index >= 15 is 0 Å². The number of rotatable bonds is 6. The van der Waals surface area contributed by atoms with Gasteiger partial charge in [-0.05, 0) is 30.9 Å². The maximum absolute atomic E-state index is 13.0. The van der Waals surface area contributed by atoms with Crippen LogP contribution in [-0.4, -0.2) is 44.6 Å². The molecule has 3 N–H and O–H groups in total. The Labute approximate surface area is 184 Å². The Balaban J connectivity index is 2.14. The van der Waals surface area contributed by atoms with E-state index in [-0.39, 0.29) is 10.8 Å². The lowest BCUT2D eigenvalue weighted by molar-refractivity contribution is -0.140. The summed E-state index contributed by atoms with van der Waals surface area (Å²) in [6.45, 7) is 3.86. The second-order valence-electron chi connectivity index (χ2n) is 8.25. The summed E-state index contributed by atoms with van der Waals surface area (Å²) in [6, 6.07) is 5.72. The van der Waals surface area contributed by atoms with Crippen molar-refractivity contribution in [1.82, 2.24) is 15.4 Å². The van der Waals surface area contributed by atoms with Crippen molar-refractivity contribution in [3.8, 4) is 0 Å². The van der Waals surface area contributed by atoms with Crippen molar-refractivity contribution < 1.29 is 22.8 Å². The van der Waals surface area contributed by atoms with Crippen molar-refractivity contribution in [2.24, 2.45) is 5.92 Å². The van der Waals surface area contributed by atoms with Crippen LogP contribution in [0.2, 0.25) is 0 Å². The normalized spacial score (nSPS) is 20.3. The Kier molecular flexibility index (Phi) is 9.64. The van der Waals surface area contributed by atoms with Crippen LogP contribution >= 0.6 is 0 Å². The molecule has 0 bridgehead atoms. The molecule has 8 nitrogen and oxygen atoms in total. The SMILES string of the molecule is CC(C)C(NS(=O)(=O)c1ccccc1)C(=O)NC1CCCCCCCCNC(=O)C1=O. The Bertz CT molecular complexity index is 855. The van der Waals surface area contributed by atoms with E-state index in [1.165, 1.54) is 12.1 Å². The van der Waals surface area contributed by atoms with Crippen LogP contribution in [0.1, 0.15) is 58.8 Å². The zero-order chi connectivity index (χ0) is 22.9. The first kappa shape index (κ1) is 25.0. The maximum atomic E-state index is 13.0. The van der Waals surface area contributed by atoms with Crippen LogP contribution in [0.5, 0.6) is 0 Å². The van der Waals surface area contributed by atoms with E-state index < -0.39 is 39.7 Å². The fourth-order valence-electron chi connectivity index (χ4n) is 3.49. The van der Waals surface area contributed by atoms with Gasteiger partial charge in [0.15, 0.2) is 0 Å². The topological polar surface area (TPSA) is 121 Å². The molecule has 1 saturated heterocycles. The van der Waals surface area contributed by atoms with Gasteiger partial charge in [-0.25, -0.2) is 8.42 Å². The highest BCUT2D eigenvalue weighted by molar-refractivity contribution is 7.89. The molecule has 0 aliphatic carbocycles. The van der Waals surface area contributed by atoms with Crippen LogP contribution in [0.25, 0.3) is 0 Å². The number of benzene rings is 1. The molecule has 1 aliphatic rings. The lowest BCUT2D eigenvalue weighted by Crippen LogP contribution is -2.55. The van der Waals surface area contributed by atoms with E-state index in [9.17, 15) is 22.8 Å². The number of hydrogen-bond donors (Lipinski definition) is 3. The molecule has 0 spiro atoms. The Morgan fingerprint density at radius 1 is 1.00 bits per heavy atom. The van der Waals surface area contributed by atoms with Crippen LogP contribution in [-0.2, 0) is 24.4 Å². The highest BCUT2D eigenvalue weighted by Crippen LogP contribution is 2.14. The summed E-state index contributed by atoms with van der Waals surface area (Å²) in [5, 5.41) is 5.24. The smallest absolute Gasteiger partial charge is 0.289 e. The first-order valence-corrected chi connectivity index (χ1v) is 12.4. The lowest BCUT2D eigenvalue weighted by atomic mass is 9.99. The predicted octanol–water partition coefficient (Wildman–Crippen LogP) is 1.90. The third-order valence-corrected chi connectivity index (χ3v) is 6.80. The van der Waals surface area contributed by atoms with Crippen molar-refractivity contribution in [3.63, 3.8) is 0 Å². The molecule has 1 fully saturated rings. The van der Waals surface area contributed by atoms with Gasteiger partial charge in [0.2, 0.25) is 21.7 Å². The van der Waals surface area contributed by atoms with Gasteiger partial charge in [0.1, 0.15) is 6.04 Å². The van der Waals surface area contributed by atoms with Gasteiger partial charge in [-0.2, -0.15) is 4.72 Å². The summed E-state index contributed by atoms with van der Waals surface area (Å²) < 4.78 is 27.8. The van der Waals surface area contributed by atoms with Crippen LogP contribution in [0.3, 0.4) is 0 Å². The zero-order valence-electron chi connectivity index (χ0n) is 18.2. The van der Waals surface area contributed by atoms with Gasteiger partial charge in [-0.15, -0.1) is 0 Å². The van der Waals surface area contributed by atoms with Gasteiger partial charge in [0, 0.05) is 6.54 Å². The van der Waals surface area contributed by atoms with E-state index in [1.54, 1.807) is 32.0 Å². The minimum Gasteiger partial charge on any atom is -0.349 e. The molecule has 0 radical (unpaired) electrons. The number of carbonyl (C=O) groups is 3. The molecule has 1 aromatic rings. The van der Waals surface area contributed by atoms with E-state index in [0.717, 1.165) is 32.1 Å². The molecule has 1 aromatic carbocycles. The van der Waals surface area contributed by atoms with Gasteiger partial charge in [-0.1, -0.05) is 64.2 Å².